The molecule has 8 nitrogen and oxygen atoms in total. The molecule has 0 aromatic heterocycles. The first-order chi connectivity index (χ1) is 28.1. The summed E-state index contributed by atoms with van der Waals surface area (Å²) in [4.78, 5) is 21.0. The minimum absolute atomic E-state index is 0. The molecule has 2 unspecified atom stereocenters. The number of carbonyl (C=O) groups is 2. The summed E-state index contributed by atoms with van der Waals surface area (Å²) < 4.78 is 11.9. The molecule has 0 aliphatic carbocycles. The van der Waals surface area contributed by atoms with Crippen molar-refractivity contribution >= 4 is 60.8 Å². The Kier molecular flexibility index (Phi) is 38.8. The topological polar surface area (TPSA) is 139 Å². The fourth-order valence-electron chi connectivity index (χ4n) is 7.24. The zero-order valence-corrected chi connectivity index (χ0v) is 41.9. The minimum Gasteiger partial charge on any atom is -0.550 e. The zero-order valence-electron chi connectivity index (χ0n) is 37.5. The predicted octanol–water partition coefficient (Wildman–Crippen LogP) is 10.6. The van der Waals surface area contributed by atoms with Gasteiger partial charge in [-0.3, -0.25) is 0 Å². The van der Waals surface area contributed by atoms with E-state index in [4.69, 9.17) is 9.47 Å². The van der Waals surface area contributed by atoms with Crippen LogP contribution in [0, 0.1) is 0 Å². The van der Waals surface area contributed by atoms with Crippen molar-refractivity contribution in [1.82, 2.24) is 0 Å². The summed E-state index contributed by atoms with van der Waals surface area (Å²) in [6.45, 7) is 5.30. The van der Waals surface area contributed by atoms with Gasteiger partial charge in [-0.25, -0.2) is 0 Å². The Bertz CT molecular complexity index is 1140. The average Bonchev–Trinajstić information content (AvgIpc) is 3.22. The molecule has 9 heteroatoms. The van der Waals surface area contributed by atoms with Crippen molar-refractivity contribution in [2.75, 3.05) is 0 Å². The molecule has 0 heterocycles. The van der Waals surface area contributed by atoms with E-state index in [9.17, 15) is 30.0 Å². The van der Waals surface area contributed by atoms with Crippen LogP contribution in [0.1, 0.15) is 218 Å². The summed E-state index contributed by atoms with van der Waals surface area (Å²) in [7, 11) is 0. The predicted molar refractivity (Wildman–Crippen MR) is 238 cm³/mol. The van der Waals surface area contributed by atoms with Crippen LogP contribution in [0.15, 0.2) is 60.7 Å². The minimum atomic E-state index is -1.09. The number of aliphatic carboxylic acids is 2. The Morgan fingerprint density at radius 3 is 0.966 bits per heavy atom. The molecule has 0 aliphatic heterocycles. The number of rotatable bonds is 38. The quantitative estimate of drug-likeness (QED) is 0.0385. The SMILES string of the molecule is CCCCCCCCCCC(O)(CCCCCCC(=O)[O-])OCc1ccccc1.CCCCCCCCCCC(O)(CCCCCCC(=O)[O-])OCc1ccccc1.[Ba+2]. The number of carbonyl (C=O) groups excluding carboxylic acids is 2. The number of benzene rings is 2. The molecule has 2 N–H and O–H groups in total. The zero-order chi connectivity index (χ0) is 42.4. The fourth-order valence-corrected chi connectivity index (χ4v) is 7.24. The molecular formula is C50H82BaO8. The van der Waals surface area contributed by atoms with Gasteiger partial charge < -0.3 is 39.5 Å². The normalized spacial score (nSPS) is 13.1. The number of carboxylic acids is 2. The number of unbranched alkanes of at least 4 members (excludes halogenated alkanes) is 20. The van der Waals surface area contributed by atoms with Crippen LogP contribution in [0.2, 0.25) is 0 Å². The smallest absolute Gasteiger partial charge is 0.550 e. The van der Waals surface area contributed by atoms with Gasteiger partial charge in [0, 0.05) is 37.6 Å². The molecular weight excluding hydrogens is 866 g/mol. The van der Waals surface area contributed by atoms with E-state index in [1.807, 2.05) is 60.7 Å². The third-order valence-electron chi connectivity index (χ3n) is 10.9. The second-order valence-electron chi connectivity index (χ2n) is 16.5. The van der Waals surface area contributed by atoms with Gasteiger partial charge in [-0.05, 0) is 62.5 Å². The largest absolute Gasteiger partial charge is 2.00 e. The Morgan fingerprint density at radius 1 is 0.441 bits per heavy atom. The summed E-state index contributed by atoms with van der Waals surface area (Å²) in [5.41, 5.74) is 2.13. The van der Waals surface area contributed by atoms with Crippen molar-refractivity contribution in [2.45, 2.75) is 231 Å². The fraction of sp³-hybridized carbons (Fsp3) is 0.720. The van der Waals surface area contributed by atoms with E-state index >= 15 is 0 Å². The molecule has 0 bridgehead atoms. The summed E-state index contributed by atoms with van der Waals surface area (Å²) in [5.74, 6) is -4.15. The van der Waals surface area contributed by atoms with Crippen molar-refractivity contribution in [3.8, 4) is 0 Å². The number of carboxylic acid groups (broad SMARTS) is 2. The number of aliphatic hydroxyl groups is 2. The van der Waals surface area contributed by atoms with Gasteiger partial charge in [0.2, 0.25) is 0 Å². The Hall–Kier alpha value is -1.21. The molecule has 0 spiro atoms. The summed E-state index contributed by atoms with van der Waals surface area (Å²) in [6.07, 6.45) is 29.0. The van der Waals surface area contributed by atoms with Crippen LogP contribution in [0.4, 0.5) is 0 Å². The van der Waals surface area contributed by atoms with Gasteiger partial charge in [0.25, 0.3) is 0 Å². The molecule has 2 aromatic carbocycles. The molecule has 2 rings (SSSR count). The number of hydrogen-bond donors (Lipinski definition) is 2. The van der Waals surface area contributed by atoms with Gasteiger partial charge in [0.1, 0.15) is 0 Å². The van der Waals surface area contributed by atoms with Gasteiger partial charge in [-0.2, -0.15) is 0 Å². The first kappa shape index (κ1) is 57.8. The van der Waals surface area contributed by atoms with Crippen LogP contribution in [-0.2, 0) is 32.3 Å². The monoisotopic (exact) mass is 949 g/mol. The van der Waals surface area contributed by atoms with Crippen LogP contribution in [-0.4, -0.2) is 82.6 Å². The number of hydrogen-bond acceptors (Lipinski definition) is 8. The van der Waals surface area contributed by atoms with E-state index in [1.165, 1.54) is 77.0 Å². The van der Waals surface area contributed by atoms with E-state index in [0.29, 0.717) is 51.7 Å². The maximum absolute atomic E-state index is 11.1. The molecule has 0 radical (unpaired) electrons. The molecule has 2 atom stereocenters. The molecule has 0 saturated heterocycles. The maximum Gasteiger partial charge on any atom is 2.00 e. The van der Waals surface area contributed by atoms with Crippen molar-refractivity contribution in [3.63, 3.8) is 0 Å². The molecule has 0 fully saturated rings. The molecule has 332 valence electrons. The van der Waals surface area contributed by atoms with E-state index in [1.54, 1.807) is 0 Å². The average molecular weight is 949 g/mol. The molecule has 0 amide bonds. The Balaban J connectivity index is 0.00000112. The Labute approximate surface area is 400 Å². The molecule has 59 heavy (non-hydrogen) atoms. The van der Waals surface area contributed by atoms with Crippen molar-refractivity contribution in [3.05, 3.63) is 71.8 Å². The third-order valence-corrected chi connectivity index (χ3v) is 10.9. The van der Waals surface area contributed by atoms with E-state index < -0.39 is 23.5 Å². The summed E-state index contributed by atoms with van der Waals surface area (Å²) in [6, 6.07) is 19.9. The summed E-state index contributed by atoms with van der Waals surface area (Å²) in [5, 5.41) is 43.1. The number of ether oxygens (including phenoxy) is 2. The summed E-state index contributed by atoms with van der Waals surface area (Å²) >= 11 is 0. The van der Waals surface area contributed by atoms with Gasteiger partial charge in [-0.15, -0.1) is 0 Å². The van der Waals surface area contributed by atoms with Gasteiger partial charge in [0.15, 0.2) is 11.6 Å². The second-order valence-corrected chi connectivity index (χ2v) is 16.5. The van der Waals surface area contributed by atoms with Crippen LogP contribution >= 0.6 is 0 Å². The van der Waals surface area contributed by atoms with Crippen LogP contribution < -0.4 is 10.2 Å². The van der Waals surface area contributed by atoms with Crippen molar-refractivity contribution in [2.24, 2.45) is 0 Å². The Morgan fingerprint density at radius 2 is 0.695 bits per heavy atom. The van der Waals surface area contributed by atoms with Crippen molar-refractivity contribution < 1.29 is 39.5 Å². The van der Waals surface area contributed by atoms with E-state index in [0.717, 1.165) is 75.3 Å². The van der Waals surface area contributed by atoms with Crippen LogP contribution in [0.5, 0.6) is 0 Å². The first-order valence-corrected chi connectivity index (χ1v) is 23.3. The van der Waals surface area contributed by atoms with E-state index in [2.05, 4.69) is 13.8 Å². The van der Waals surface area contributed by atoms with Crippen molar-refractivity contribution in [1.29, 1.82) is 0 Å². The molecule has 0 saturated carbocycles. The van der Waals surface area contributed by atoms with Gasteiger partial charge in [0.05, 0.1) is 13.2 Å². The van der Waals surface area contributed by atoms with Crippen LogP contribution in [0.3, 0.4) is 0 Å². The first-order valence-electron chi connectivity index (χ1n) is 23.3. The second kappa shape index (κ2) is 39.6. The maximum atomic E-state index is 11.1. The third kappa shape index (κ3) is 36.0. The molecule has 2 aromatic rings. The van der Waals surface area contributed by atoms with Crippen LogP contribution in [0.25, 0.3) is 0 Å². The molecule has 0 aliphatic rings. The standard InChI is InChI=1S/2C25H42O4.Ba/c2*1-2-3-4-5-6-7-9-15-20-25(28,21-16-10-8-14-19-24(26)27)29-22-23-17-12-11-13-18-23;/h2*11-13,17-18,28H,2-10,14-16,19-22H2,1H3,(H,26,27);/q;;+2/p-2. The van der Waals surface area contributed by atoms with Gasteiger partial charge >= 0.3 is 48.9 Å². The van der Waals surface area contributed by atoms with E-state index in [-0.39, 0.29) is 61.7 Å². The van der Waals surface area contributed by atoms with Gasteiger partial charge in [-0.1, -0.05) is 190 Å².